The Hall–Kier alpha value is -1.27. The molecule has 0 aromatic heterocycles. The number of rotatable bonds is 7. The molecule has 0 aliphatic heterocycles. The van der Waals surface area contributed by atoms with Gasteiger partial charge in [-0.2, -0.15) is 13.2 Å². The third-order valence-corrected chi connectivity index (χ3v) is 3.36. The van der Waals surface area contributed by atoms with Crippen LogP contribution in [0.1, 0.15) is 24.5 Å². The second-order valence-electron chi connectivity index (χ2n) is 5.44. The summed E-state index contributed by atoms with van der Waals surface area (Å²) in [6.07, 6.45) is -3.44. The summed E-state index contributed by atoms with van der Waals surface area (Å²) in [5.41, 5.74) is 5.27. The Balaban J connectivity index is 2.80. The van der Waals surface area contributed by atoms with E-state index in [2.05, 4.69) is 4.90 Å². The van der Waals surface area contributed by atoms with Crippen LogP contribution in [0.4, 0.5) is 18.9 Å². The van der Waals surface area contributed by atoms with Crippen LogP contribution in [0.3, 0.4) is 0 Å². The number of alkyl halides is 3. The SMILES string of the molecule is CCN(CCCN(C)C)Cc1ccc(N)cc1C(F)(F)F. The smallest absolute Gasteiger partial charge is 0.399 e. The Bertz CT molecular complexity index is 444. The molecule has 0 heterocycles. The number of benzene rings is 1. The minimum atomic E-state index is -4.37. The van der Waals surface area contributed by atoms with Gasteiger partial charge >= 0.3 is 6.18 Å². The van der Waals surface area contributed by atoms with Crippen LogP contribution >= 0.6 is 0 Å². The number of nitrogens with zero attached hydrogens (tertiary/aromatic N) is 2. The minimum absolute atomic E-state index is 0.140. The molecule has 6 heteroatoms. The van der Waals surface area contributed by atoms with Crippen molar-refractivity contribution in [3.63, 3.8) is 0 Å². The van der Waals surface area contributed by atoms with Gasteiger partial charge in [0.25, 0.3) is 0 Å². The van der Waals surface area contributed by atoms with Crippen molar-refractivity contribution >= 4 is 5.69 Å². The molecule has 1 aromatic carbocycles. The highest BCUT2D eigenvalue weighted by atomic mass is 19.4. The molecule has 0 aliphatic rings. The van der Waals surface area contributed by atoms with Crippen LogP contribution in [0.15, 0.2) is 18.2 Å². The molecule has 0 radical (unpaired) electrons. The van der Waals surface area contributed by atoms with Gasteiger partial charge < -0.3 is 10.6 Å². The highest BCUT2D eigenvalue weighted by Gasteiger charge is 2.33. The molecule has 0 bridgehead atoms. The Kier molecular flexibility index (Phi) is 6.48. The molecule has 0 atom stereocenters. The monoisotopic (exact) mass is 303 g/mol. The van der Waals surface area contributed by atoms with Gasteiger partial charge in [-0.1, -0.05) is 13.0 Å². The average molecular weight is 303 g/mol. The second-order valence-corrected chi connectivity index (χ2v) is 5.44. The summed E-state index contributed by atoms with van der Waals surface area (Å²) in [6.45, 7) is 4.66. The predicted octanol–water partition coefficient (Wildman–Crippen LogP) is 3.06. The van der Waals surface area contributed by atoms with E-state index < -0.39 is 11.7 Å². The third-order valence-electron chi connectivity index (χ3n) is 3.36. The van der Waals surface area contributed by atoms with Gasteiger partial charge in [0.1, 0.15) is 0 Å². The predicted molar refractivity (Wildman–Crippen MR) is 80.0 cm³/mol. The van der Waals surface area contributed by atoms with Crippen molar-refractivity contribution in [2.45, 2.75) is 26.1 Å². The minimum Gasteiger partial charge on any atom is -0.399 e. The highest BCUT2D eigenvalue weighted by Crippen LogP contribution is 2.33. The van der Waals surface area contributed by atoms with Gasteiger partial charge in [0.15, 0.2) is 0 Å². The van der Waals surface area contributed by atoms with Gasteiger partial charge in [0, 0.05) is 12.2 Å². The van der Waals surface area contributed by atoms with Crippen molar-refractivity contribution in [1.82, 2.24) is 9.80 Å². The van der Waals surface area contributed by atoms with E-state index in [9.17, 15) is 13.2 Å². The van der Waals surface area contributed by atoms with Crippen LogP contribution in [0, 0.1) is 0 Å². The first-order valence-corrected chi connectivity index (χ1v) is 7.06. The first kappa shape index (κ1) is 17.8. The molecule has 0 unspecified atom stereocenters. The van der Waals surface area contributed by atoms with E-state index >= 15 is 0 Å². The number of halogens is 3. The van der Waals surface area contributed by atoms with Gasteiger partial charge in [0.2, 0.25) is 0 Å². The van der Waals surface area contributed by atoms with E-state index in [1.165, 1.54) is 12.1 Å². The lowest BCUT2D eigenvalue weighted by atomic mass is 10.1. The van der Waals surface area contributed by atoms with Crippen molar-refractivity contribution in [1.29, 1.82) is 0 Å². The first-order valence-electron chi connectivity index (χ1n) is 7.06. The number of anilines is 1. The van der Waals surface area contributed by atoms with Crippen molar-refractivity contribution in [3.05, 3.63) is 29.3 Å². The summed E-state index contributed by atoms with van der Waals surface area (Å²) < 4.78 is 39.2. The topological polar surface area (TPSA) is 32.5 Å². The van der Waals surface area contributed by atoms with Gasteiger partial charge in [-0.05, 0) is 57.8 Å². The van der Waals surface area contributed by atoms with E-state index in [4.69, 9.17) is 5.73 Å². The fourth-order valence-corrected chi connectivity index (χ4v) is 2.20. The van der Waals surface area contributed by atoms with E-state index in [0.29, 0.717) is 6.54 Å². The summed E-state index contributed by atoms with van der Waals surface area (Å²) in [4.78, 5) is 4.09. The molecule has 1 aromatic rings. The van der Waals surface area contributed by atoms with Crippen LogP contribution in [-0.4, -0.2) is 43.5 Å². The molecule has 0 saturated carbocycles. The lowest BCUT2D eigenvalue weighted by Crippen LogP contribution is -2.28. The van der Waals surface area contributed by atoms with E-state index in [1.807, 2.05) is 25.9 Å². The number of nitrogen functional groups attached to an aromatic ring is 1. The summed E-state index contributed by atoms with van der Waals surface area (Å²) in [7, 11) is 3.97. The number of nitrogens with two attached hydrogens (primary N) is 1. The lowest BCUT2D eigenvalue weighted by molar-refractivity contribution is -0.138. The van der Waals surface area contributed by atoms with Gasteiger partial charge in [0.05, 0.1) is 5.56 Å². The second kappa shape index (κ2) is 7.66. The maximum absolute atomic E-state index is 13.1. The van der Waals surface area contributed by atoms with E-state index in [-0.39, 0.29) is 11.3 Å². The molecule has 0 saturated heterocycles. The van der Waals surface area contributed by atoms with Crippen molar-refractivity contribution < 1.29 is 13.2 Å². The van der Waals surface area contributed by atoms with Crippen LogP contribution in [0.5, 0.6) is 0 Å². The van der Waals surface area contributed by atoms with Crippen molar-refractivity contribution in [3.8, 4) is 0 Å². The fourth-order valence-electron chi connectivity index (χ4n) is 2.20. The fraction of sp³-hybridized carbons (Fsp3) is 0.600. The standard InChI is InChI=1S/C15H24F3N3/c1-4-21(9-5-8-20(2)3)11-12-6-7-13(19)10-14(12)15(16,17)18/h6-7,10H,4-5,8-9,11,19H2,1-3H3. The third kappa shape index (κ3) is 5.93. The zero-order valence-corrected chi connectivity index (χ0v) is 12.9. The molecular formula is C15H24F3N3. The van der Waals surface area contributed by atoms with Crippen LogP contribution in [0.25, 0.3) is 0 Å². The normalized spacial score (nSPS) is 12.4. The van der Waals surface area contributed by atoms with E-state index in [1.54, 1.807) is 0 Å². The molecule has 2 N–H and O–H groups in total. The summed E-state index contributed by atoms with van der Waals surface area (Å²) in [5.74, 6) is 0. The Labute approximate surface area is 124 Å². The van der Waals surface area contributed by atoms with Gasteiger partial charge in [-0.15, -0.1) is 0 Å². The molecule has 120 valence electrons. The molecule has 3 nitrogen and oxygen atoms in total. The van der Waals surface area contributed by atoms with Crippen LogP contribution in [-0.2, 0) is 12.7 Å². The number of hydrogen-bond donors (Lipinski definition) is 1. The summed E-state index contributed by atoms with van der Waals surface area (Å²) >= 11 is 0. The number of hydrogen-bond acceptors (Lipinski definition) is 3. The zero-order valence-electron chi connectivity index (χ0n) is 12.9. The van der Waals surface area contributed by atoms with Crippen LogP contribution < -0.4 is 5.73 Å². The van der Waals surface area contributed by atoms with Crippen molar-refractivity contribution in [2.75, 3.05) is 39.5 Å². The largest absolute Gasteiger partial charge is 0.416 e. The Morgan fingerprint density at radius 2 is 1.81 bits per heavy atom. The zero-order chi connectivity index (χ0) is 16.0. The quantitative estimate of drug-likeness (QED) is 0.786. The molecule has 0 aliphatic carbocycles. The maximum Gasteiger partial charge on any atom is 0.416 e. The van der Waals surface area contributed by atoms with Crippen molar-refractivity contribution in [2.24, 2.45) is 0 Å². The molecule has 0 spiro atoms. The summed E-state index contributed by atoms with van der Waals surface area (Å²) in [5, 5.41) is 0. The Morgan fingerprint density at radius 3 is 2.33 bits per heavy atom. The molecule has 21 heavy (non-hydrogen) atoms. The van der Waals surface area contributed by atoms with Gasteiger partial charge in [-0.25, -0.2) is 0 Å². The highest BCUT2D eigenvalue weighted by molar-refractivity contribution is 5.46. The first-order chi connectivity index (χ1) is 9.74. The molecule has 0 amide bonds. The molecule has 0 fully saturated rings. The molecular weight excluding hydrogens is 279 g/mol. The van der Waals surface area contributed by atoms with E-state index in [0.717, 1.165) is 32.1 Å². The Morgan fingerprint density at radius 1 is 1.14 bits per heavy atom. The van der Waals surface area contributed by atoms with Crippen LogP contribution in [0.2, 0.25) is 0 Å². The maximum atomic E-state index is 13.1. The molecule has 1 rings (SSSR count). The lowest BCUT2D eigenvalue weighted by Gasteiger charge is -2.23. The average Bonchev–Trinajstić information content (AvgIpc) is 2.37. The summed E-state index contributed by atoms with van der Waals surface area (Å²) in [6, 6.07) is 4.02. The van der Waals surface area contributed by atoms with Gasteiger partial charge in [-0.3, -0.25) is 4.90 Å².